The van der Waals surface area contributed by atoms with E-state index in [1.807, 2.05) is 0 Å². The lowest BCUT2D eigenvalue weighted by Gasteiger charge is -2.32. The number of aliphatic carboxylic acids is 1. The van der Waals surface area contributed by atoms with Gasteiger partial charge in [0, 0.05) is 19.1 Å². The fourth-order valence-corrected chi connectivity index (χ4v) is 2.34. The molecule has 0 aromatic heterocycles. The van der Waals surface area contributed by atoms with E-state index in [1.54, 1.807) is 0 Å². The average molecular weight is 200 g/mol. The maximum absolute atomic E-state index is 11.0. The zero-order valence-corrected chi connectivity index (χ0v) is 8.15. The summed E-state index contributed by atoms with van der Waals surface area (Å²) >= 11 is 0. The van der Waals surface area contributed by atoms with Crippen LogP contribution in [0.5, 0.6) is 0 Å². The zero-order valence-electron chi connectivity index (χ0n) is 8.15. The average Bonchev–Trinajstić information content (AvgIpc) is 2.70. The van der Waals surface area contributed by atoms with Gasteiger partial charge in [0.25, 0.3) is 0 Å². The lowest BCUT2D eigenvalue weighted by molar-refractivity contribution is -0.154. The molecule has 2 rings (SSSR count). The van der Waals surface area contributed by atoms with E-state index in [-0.39, 0.29) is 17.9 Å². The summed E-state index contributed by atoms with van der Waals surface area (Å²) in [6.45, 7) is 2.11. The number of ether oxygens (including phenoxy) is 2. The van der Waals surface area contributed by atoms with Gasteiger partial charge >= 0.3 is 5.97 Å². The highest BCUT2D eigenvalue weighted by molar-refractivity contribution is 5.70. The lowest BCUT2D eigenvalue weighted by Crippen LogP contribution is -2.40. The Balaban J connectivity index is 2.01. The molecule has 0 radical (unpaired) electrons. The maximum Gasteiger partial charge on any atom is 0.309 e. The molecule has 2 aliphatic heterocycles. The van der Waals surface area contributed by atoms with Crippen LogP contribution in [0.3, 0.4) is 0 Å². The van der Waals surface area contributed by atoms with E-state index < -0.39 is 5.97 Å². The van der Waals surface area contributed by atoms with Crippen molar-refractivity contribution >= 4 is 5.97 Å². The van der Waals surface area contributed by atoms with Gasteiger partial charge in [-0.05, 0) is 19.3 Å². The van der Waals surface area contributed by atoms with Crippen molar-refractivity contribution in [3.05, 3.63) is 0 Å². The summed E-state index contributed by atoms with van der Waals surface area (Å²) in [4.78, 5) is 11.0. The Morgan fingerprint density at radius 1 is 1.29 bits per heavy atom. The van der Waals surface area contributed by atoms with Gasteiger partial charge in [0.05, 0.1) is 18.6 Å². The first-order valence-corrected chi connectivity index (χ1v) is 5.21. The van der Waals surface area contributed by atoms with Crippen molar-refractivity contribution in [1.82, 2.24) is 0 Å². The number of carboxylic acid groups (broad SMARTS) is 1. The molecule has 2 aliphatic rings. The molecule has 2 fully saturated rings. The predicted molar refractivity (Wildman–Crippen MR) is 49.0 cm³/mol. The van der Waals surface area contributed by atoms with E-state index in [1.165, 1.54) is 0 Å². The van der Waals surface area contributed by atoms with E-state index in [0.717, 1.165) is 25.9 Å². The highest BCUT2D eigenvalue weighted by Crippen LogP contribution is 2.30. The van der Waals surface area contributed by atoms with Gasteiger partial charge in [0.1, 0.15) is 0 Å². The zero-order chi connectivity index (χ0) is 9.97. The number of rotatable bonds is 2. The minimum Gasteiger partial charge on any atom is -0.481 e. The van der Waals surface area contributed by atoms with Crippen LogP contribution in [-0.4, -0.2) is 37.0 Å². The molecule has 0 spiro atoms. The Kier molecular flexibility index (Phi) is 3.03. The standard InChI is InChI=1S/C10H16O4/c11-10(12)8-2-1-4-14-9(8)7-3-5-13-6-7/h7-9H,1-6H2,(H,11,12). The van der Waals surface area contributed by atoms with Crippen LogP contribution in [0.4, 0.5) is 0 Å². The van der Waals surface area contributed by atoms with Crippen molar-refractivity contribution in [2.75, 3.05) is 19.8 Å². The van der Waals surface area contributed by atoms with E-state index >= 15 is 0 Å². The maximum atomic E-state index is 11.0. The Labute approximate surface area is 83.2 Å². The summed E-state index contributed by atoms with van der Waals surface area (Å²) in [5.41, 5.74) is 0. The highest BCUT2D eigenvalue weighted by atomic mass is 16.5. The van der Waals surface area contributed by atoms with E-state index in [2.05, 4.69) is 0 Å². The van der Waals surface area contributed by atoms with Crippen LogP contribution >= 0.6 is 0 Å². The Morgan fingerprint density at radius 2 is 2.14 bits per heavy atom. The minimum absolute atomic E-state index is 0.122. The van der Waals surface area contributed by atoms with E-state index in [9.17, 15) is 4.79 Å². The second-order valence-corrected chi connectivity index (χ2v) is 4.05. The van der Waals surface area contributed by atoms with Crippen molar-refractivity contribution in [2.24, 2.45) is 11.8 Å². The molecule has 3 atom stereocenters. The third-order valence-electron chi connectivity index (χ3n) is 3.11. The largest absolute Gasteiger partial charge is 0.481 e. The minimum atomic E-state index is -0.721. The topological polar surface area (TPSA) is 55.8 Å². The van der Waals surface area contributed by atoms with Gasteiger partial charge < -0.3 is 14.6 Å². The number of carbonyl (C=O) groups is 1. The van der Waals surface area contributed by atoms with Crippen molar-refractivity contribution in [3.63, 3.8) is 0 Å². The Hall–Kier alpha value is -0.610. The molecule has 3 unspecified atom stereocenters. The third-order valence-corrected chi connectivity index (χ3v) is 3.11. The lowest BCUT2D eigenvalue weighted by atomic mass is 9.85. The molecule has 2 heterocycles. The summed E-state index contributed by atoms with van der Waals surface area (Å²) in [6.07, 6.45) is 2.43. The van der Waals surface area contributed by atoms with Crippen LogP contribution < -0.4 is 0 Å². The van der Waals surface area contributed by atoms with Gasteiger partial charge in [-0.2, -0.15) is 0 Å². The summed E-state index contributed by atoms with van der Waals surface area (Å²) in [7, 11) is 0. The van der Waals surface area contributed by atoms with Crippen LogP contribution in [-0.2, 0) is 14.3 Å². The normalized spacial score (nSPS) is 38.4. The summed E-state index contributed by atoms with van der Waals surface area (Å²) in [6, 6.07) is 0. The SMILES string of the molecule is O=C(O)C1CCCOC1C1CCOC1. The van der Waals surface area contributed by atoms with Gasteiger partial charge in [-0.3, -0.25) is 4.79 Å². The molecule has 14 heavy (non-hydrogen) atoms. The second kappa shape index (κ2) is 4.28. The molecular formula is C10H16O4. The summed E-state index contributed by atoms with van der Waals surface area (Å²) < 4.78 is 10.8. The van der Waals surface area contributed by atoms with Gasteiger partial charge in [-0.1, -0.05) is 0 Å². The van der Waals surface area contributed by atoms with Crippen LogP contribution in [0.25, 0.3) is 0 Å². The van der Waals surface area contributed by atoms with E-state index in [4.69, 9.17) is 14.6 Å². The number of hydrogen-bond acceptors (Lipinski definition) is 3. The molecule has 80 valence electrons. The fourth-order valence-electron chi connectivity index (χ4n) is 2.34. The molecule has 0 amide bonds. The molecule has 0 bridgehead atoms. The van der Waals surface area contributed by atoms with Gasteiger partial charge in [-0.15, -0.1) is 0 Å². The predicted octanol–water partition coefficient (Wildman–Crippen LogP) is 0.903. The molecule has 2 saturated heterocycles. The Morgan fingerprint density at radius 3 is 2.79 bits per heavy atom. The van der Waals surface area contributed by atoms with Gasteiger partial charge in [0.15, 0.2) is 0 Å². The van der Waals surface area contributed by atoms with Crippen molar-refractivity contribution in [3.8, 4) is 0 Å². The van der Waals surface area contributed by atoms with Gasteiger partial charge in [0.2, 0.25) is 0 Å². The monoisotopic (exact) mass is 200 g/mol. The van der Waals surface area contributed by atoms with Crippen molar-refractivity contribution in [2.45, 2.75) is 25.4 Å². The fraction of sp³-hybridized carbons (Fsp3) is 0.900. The van der Waals surface area contributed by atoms with Crippen molar-refractivity contribution < 1.29 is 19.4 Å². The van der Waals surface area contributed by atoms with Crippen LogP contribution in [0, 0.1) is 11.8 Å². The molecule has 1 N–H and O–H groups in total. The molecule has 0 aromatic rings. The molecule has 0 aromatic carbocycles. The van der Waals surface area contributed by atoms with Crippen LogP contribution in [0.15, 0.2) is 0 Å². The summed E-state index contributed by atoms with van der Waals surface area (Å²) in [5.74, 6) is -0.756. The molecule has 4 heteroatoms. The highest BCUT2D eigenvalue weighted by Gasteiger charge is 2.38. The van der Waals surface area contributed by atoms with Crippen LogP contribution in [0.1, 0.15) is 19.3 Å². The van der Waals surface area contributed by atoms with E-state index in [0.29, 0.717) is 13.2 Å². The molecule has 4 nitrogen and oxygen atoms in total. The second-order valence-electron chi connectivity index (χ2n) is 4.05. The Bertz CT molecular complexity index is 210. The van der Waals surface area contributed by atoms with Crippen LogP contribution in [0.2, 0.25) is 0 Å². The number of hydrogen-bond donors (Lipinski definition) is 1. The first-order valence-electron chi connectivity index (χ1n) is 5.21. The first-order chi connectivity index (χ1) is 6.79. The quantitative estimate of drug-likeness (QED) is 0.719. The summed E-state index contributed by atoms with van der Waals surface area (Å²) in [5, 5.41) is 9.05. The smallest absolute Gasteiger partial charge is 0.309 e. The van der Waals surface area contributed by atoms with Gasteiger partial charge in [-0.25, -0.2) is 0 Å². The molecule has 0 aliphatic carbocycles. The number of carboxylic acids is 1. The molecular weight excluding hydrogens is 184 g/mol. The molecule has 0 saturated carbocycles. The van der Waals surface area contributed by atoms with Crippen molar-refractivity contribution in [1.29, 1.82) is 0 Å². The first kappa shape index (κ1) is 9.93. The third kappa shape index (κ3) is 1.91.